The molecule has 0 spiro atoms. The van der Waals surface area contributed by atoms with Gasteiger partial charge in [-0.3, -0.25) is 9.59 Å². The summed E-state index contributed by atoms with van der Waals surface area (Å²) in [5.41, 5.74) is 0. The summed E-state index contributed by atoms with van der Waals surface area (Å²) in [7, 11) is 1.61. The van der Waals surface area contributed by atoms with Gasteiger partial charge in [-0.05, 0) is 6.42 Å². The Morgan fingerprint density at radius 1 is 0.895 bits per heavy atom. The van der Waals surface area contributed by atoms with Gasteiger partial charge in [0.1, 0.15) is 0 Å². The summed E-state index contributed by atoms with van der Waals surface area (Å²) in [5, 5.41) is 0. The van der Waals surface area contributed by atoms with Gasteiger partial charge in [0.15, 0.2) is 0 Å². The number of carbonyl (C=O) groups is 2. The van der Waals surface area contributed by atoms with Crippen molar-refractivity contribution in [3.63, 3.8) is 0 Å². The lowest BCUT2D eigenvalue weighted by molar-refractivity contribution is -0.165. The van der Waals surface area contributed by atoms with E-state index in [0.717, 1.165) is 0 Å². The van der Waals surface area contributed by atoms with E-state index in [1.54, 1.807) is 7.11 Å². The Morgan fingerprint density at radius 2 is 1.53 bits per heavy atom. The van der Waals surface area contributed by atoms with E-state index in [-0.39, 0.29) is 13.2 Å². The number of carbonyl (C=O) groups excluding carboxylic acids is 2. The summed E-state index contributed by atoms with van der Waals surface area (Å²) in [6.07, 6.45) is 0.781. The van der Waals surface area contributed by atoms with Crippen molar-refractivity contribution in [3.8, 4) is 0 Å². The quantitative estimate of drug-likeness (QED) is 0.292. The van der Waals surface area contributed by atoms with Crippen LogP contribution in [0.2, 0.25) is 0 Å². The molecule has 0 bridgehead atoms. The summed E-state index contributed by atoms with van der Waals surface area (Å²) in [4.78, 5) is 21.5. The lowest BCUT2D eigenvalue weighted by Crippen LogP contribution is -2.12. The molecule has 0 radical (unpaired) electrons. The van der Waals surface area contributed by atoms with Crippen LogP contribution in [0.15, 0.2) is 0 Å². The topological polar surface area (TPSA) is 80.3 Å². The highest BCUT2D eigenvalue weighted by Gasteiger charge is 2.03. The molecule has 0 aromatic carbocycles. The molecule has 0 heterocycles. The van der Waals surface area contributed by atoms with Gasteiger partial charge in [0.25, 0.3) is 0 Å². The molecule has 0 N–H and O–H groups in total. The Hall–Kier alpha value is -1.18. The highest BCUT2D eigenvalue weighted by Crippen LogP contribution is 1.94. The van der Waals surface area contributed by atoms with Crippen LogP contribution >= 0.6 is 0 Å². The van der Waals surface area contributed by atoms with Gasteiger partial charge in [0, 0.05) is 27.1 Å². The van der Waals surface area contributed by atoms with Gasteiger partial charge in [0.2, 0.25) is 6.79 Å². The fourth-order valence-electron chi connectivity index (χ4n) is 1.03. The molecule has 112 valence electrons. The first kappa shape index (κ1) is 17.8. The fraction of sp³-hybridized carbons (Fsp3) is 0.833. The van der Waals surface area contributed by atoms with E-state index in [9.17, 15) is 9.59 Å². The fourth-order valence-corrected chi connectivity index (χ4v) is 1.03. The molecule has 0 fully saturated rings. The Labute approximate surface area is 113 Å². The monoisotopic (exact) mass is 278 g/mol. The molecule has 0 aliphatic carbocycles. The van der Waals surface area contributed by atoms with E-state index in [4.69, 9.17) is 14.2 Å². The van der Waals surface area contributed by atoms with Crippen LogP contribution in [-0.2, 0) is 33.3 Å². The maximum Gasteiger partial charge on any atom is 0.308 e. The average Bonchev–Trinajstić information content (AvgIpc) is 2.36. The van der Waals surface area contributed by atoms with Gasteiger partial charge >= 0.3 is 11.9 Å². The molecule has 0 aromatic rings. The van der Waals surface area contributed by atoms with E-state index < -0.39 is 11.9 Å². The van der Waals surface area contributed by atoms with Crippen molar-refractivity contribution >= 4 is 11.9 Å². The van der Waals surface area contributed by atoms with E-state index in [0.29, 0.717) is 39.5 Å². The molecule has 0 saturated heterocycles. The number of hydrogen-bond donors (Lipinski definition) is 0. The van der Waals surface area contributed by atoms with Crippen molar-refractivity contribution in [2.45, 2.75) is 19.8 Å². The second-order valence-electron chi connectivity index (χ2n) is 3.59. The number of methoxy groups -OCH3 is 1. The van der Waals surface area contributed by atoms with Crippen molar-refractivity contribution in [2.24, 2.45) is 0 Å². The summed E-state index contributed by atoms with van der Waals surface area (Å²) < 4.78 is 24.4. The Kier molecular flexibility index (Phi) is 12.4. The first-order chi connectivity index (χ1) is 9.16. The van der Waals surface area contributed by atoms with Gasteiger partial charge < -0.3 is 23.7 Å². The van der Waals surface area contributed by atoms with Gasteiger partial charge in [-0.1, -0.05) is 0 Å². The summed E-state index contributed by atoms with van der Waals surface area (Å²) in [6.45, 7) is 3.46. The summed E-state index contributed by atoms with van der Waals surface area (Å²) in [6, 6.07) is 0. The van der Waals surface area contributed by atoms with Gasteiger partial charge in [0.05, 0.1) is 26.4 Å². The highest BCUT2D eigenvalue weighted by atomic mass is 16.7. The van der Waals surface area contributed by atoms with Crippen LogP contribution in [0.3, 0.4) is 0 Å². The summed E-state index contributed by atoms with van der Waals surface area (Å²) in [5.74, 6) is -0.897. The lowest BCUT2D eigenvalue weighted by atomic mass is 10.3. The summed E-state index contributed by atoms with van der Waals surface area (Å²) >= 11 is 0. The van der Waals surface area contributed by atoms with Gasteiger partial charge in [-0.15, -0.1) is 0 Å². The molecular formula is C12H22O7. The zero-order valence-corrected chi connectivity index (χ0v) is 11.5. The minimum atomic E-state index is -0.482. The molecule has 7 heteroatoms. The minimum absolute atomic E-state index is 0.228. The van der Waals surface area contributed by atoms with Crippen molar-refractivity contribution in [1.29, 1.82) is 0 Å². The SMILES string of the molecule is COCCOCCOCCCC(=O)OCOC(C)=O. The van der Waals surface area contributed by atoms with E-state index in [2.05, 4.69) is 9.47 Å². The predicted molar refractivity (Wildman–Crippen MR) is 65.5 cm³/mol. The Bertz CT molecular complexity index is 242. The van der Waals surface area contributed by atoms with E-state index >= 15 is 0 Å². The van der Waals surface area contributed by atoms with Crippen LogP contribution < -0.4 is 0 Å². The lowest BCUT2D eigenvalue weighted by Gasteiger charge is -2.06. The van der Waals surface area contributed by atoms with Crippen LogP contribution in [0, 0.1) is 0 Å². The van der Waals surface area contributed by atoms with Crippen molar-refractivity contribution < 1.29 is 33.3 Å². The molecule has 0 aliphatic rings. The van der Waals surface area contributed by atoms with E-state index in [1.165, 1.54) is 6.92 Å². The molecule has 0 amide bonds. The largest absolute Gasteiger partial charge is 0.428 e. The molecule has 0 rings (SSSR count). The number of hydrogen-bond acceptors (Lipinski definition) is 7. The third-order valence-corrected chi connectivity index (χ3v) is 1.96. The zero-order valence-electron chi connectivity index (χ0n) is 11.5. The van der Waals surface area contributed by atoms with Crippen LogP contribution in [-0.4, -0.2) is 58.9 Å². The second kappa shape index (κ2) is 13.3. The number of rotatable bonds is 12. The highest BCUT2D eigenvalue weighted by molar-refractivity contribution is 5.69. The molecule has 0 aromatic heterocycles. The molecule has 0 unspecified atom stereocenters. The minimum Gasteiger partial charge on any atom is -0.428 e. The molecule has 0 atom stereocenters. The van der Waals surface area contributed by atoms with Crippen LogP contribution in [0.4, 0.5) is 0 Å². The number of ether oxygens (including phenoxy) is 5. The second-order valence-corrected chi connectivity index (χ2v) is 3.59. The third kappa shape index (κ3) is 14.8. The zero-order chi connectivity index (χ0) is 14.3. The van der Waals surface area contributed by atoms with Crippen molar-refractivity contribution in [3.05, 3.63) is 0 Å². The predicted octanol–water partition coefficient (Wildman–Crippen LogP) is 0.510. The molecule has 7 nitrogen and oxygen atoms in total. The van der Waals surface area contributed by atoms with Crippen molar-refractivity contribution in [1.82, 2.24) is 0 Å². The van der Waals surface area contributed by atoms with Gasteiger partial charge in [-0.25, -0.2) is 0 Å². The van der Waals surface area contributed by atoms with Gasteiger partial charge in [-0.2, -0.15) is 0 Å². The molecule has 19 heavy (non-hydrogen) atoms. The Balaban J connectivity index is 3.16. The van der Waals surface area contributed by atoms with Crippen LogP contribution in [0.5, 0.6) is 0 Å². The van der Waals surface area contributed by atoms with Crippen LogP contribution in [0.1, 0.15) is 19.8 Å². The maximum atomic E-state index is 11.1. The molecular weight excluding hydrogens is 256 g/mol. The average molecular weight is 278 g/mol. The first-order valence-electron chi connectivity index (χ1n) is 6.10. The number of esters is 2. The van der Waals surface area contributed by atoms with E-state index in [1.807, 2.05) is 0 Å². The molecule has 0 saturated carbocycles. The normalized spacial score (nSPS) is 10.2. The molecule has 0 aliphatic heterocycles. The maximum absolute atomic E-state index is 11.1. The first-order valence-corrected chi connectivity index (χ1v) is 6.10. The van der Waals surface area contributed by atoms with Crippen LogP contribution in [0.25, 0.3) is 0 Å². The third-order valence-electron chi connectivity index (χ3n) is 1.96. The standard InChI is InChI=1S/C12H22O7/c1-11(13)18-10-19-12(14)4-3-5-16-8-9-17-7-6-15-2/h3-10H2,1-2H3. The van der Waals surface area contributed by atoms with Crippen molar-refractivity contribution in [2.75, 3.05) is 46.9 Å². The Morgan fingerprint density at radius 3 is 2.16 bits per heavy atom. The smallest absolute Gasteiger partial charge is 0.308 e.